The molecule has 5 heteroatoms. The summed E-state index contributed by atoms with van der Waals surface area (Å²) in [7, 11) is 2.50. The molecule has 1 aliphatic heterocycles. The van der Waals surface area contributed by atoms with Crippen LogP contribution in [0.25, 0.3) is 91.9 Å². The van der Waals surface area contributed by atoms with E-state index in [1.165, 1.54) is 109 Å². The van der Waals surface area contributed by atoms with Crippen LogP contribution in [-0.2, 0) is 16.2 Å². The zero-order chi connectivity index (χ0) is 44.5. The Labute approximate surface area is 385 Å². The zero-order valence-corrected chi connectivity index (χ0v) is 39.4. The predicted octanol–water partition coefficient (Wildman–Crippen LogP) is 15.6. The maximum atomic E-state index is 6.59. The molecule has 0 saturated heterocycles. The van der Waals surface area contributed by atoms with Crippen LogP contribution in [0.3, 0.4) is 0 Å². The molecule has 315 valence electrons. The van der Waals surface area contributed by atoms with Crippen LogP contribution in [0.15, 0.2) is 138 Å². The van der Waals surface area contributed by atoms with Crippen molar-refractivity contribution in [2.24, 2.45) is 0 Å². The highest BCUT2D eigenvalue weighted by atomic mass is 32.1. The topological polar surface area (TPSA) is 30.1 Å². The number of aromatic nitrogens is 1. The molecule has 2 aliphatic rings. The molecule has 1 radical (unpaired) electrons. The normalized spacial score (nSPS) is 14.2. The number of hydrogen-bond donors (Lipinski definition) is 1. The molecular weight excluding hydrogens is 808 g/mol. The first-order valence-corrected chi connectivity index (χ1v) is 23.9. The lowest BCUT2D eigenvalue weighted by Crippen LogP contribution is -2.38. The average Bonchev–Trinajstić information content (AvgIpc) is 3.99. The number of para-hydroxylation sites is 1. The number of aryl methyl sites for hydroxylation is 1. The summed E-state index contributed by atoms with van der Waals surface area (Å²) in [6.45, 7) is 20.8. The first-order chi connectivity index (χ1) is 31.1. The molecule has 0 atom stereocenters. The van der Waals surface area contributed by atoms with Crippen molar-refractivity contribution >= 4 is 105 Å². The van der Waals surface area contributed by atoms with Gasteiger partial charge in [-0.05, 0) is 122 Å². The summed E-state index contributed by atoms with van der Waals surface area (Å²) in [5.41, 5.74) is 22.0. The van der Waals surface area contributed by atoms with Crippen molar-refractivity contribution in [3.8, 4) is 27.9 Å². The second kappa shape index (κ2) is 13.0. The molecule has 0 unspecified atom stereocenters. The fourth-order valence-corrected chi connectivity index (χ4v) is 12.5. The third-order valence-electron chi connectivity index (χ3n) is 14.8. The summed E-state index contributed by atoms with van der Waals surface area (Å²) >= 11 is 1.91. The zero-order valence-electron chi connectivity index (χ0n) is 38.5. The van der Waals surface area contributed by atoms with E-state index in [-0.39, 0.29) is 16.2 Å². The van der Waals surface area contributed by atoms with Crippen molar-refractivity contribution in [3.05, 3.63) is 161 Å². The Morgan fingerprint density at radius 3 is 2.12 bits per heavy atom. The van der Waals surface area contributed by atoms with E-state index < -0.39 is 0 Å². The van der Waals surface area contributed by atoms with E-state index in [1.807, 2.05) is 11.3 Å². The molecule has 13 rings (SSSR count). The molecule has 65 heavy (non-hydrogen) atoms. The molecule has 3 aromatic heterocycles. The molecule has 0 amide bonds. The van der Waals surface area contributed by atoms with Crippen LogP contribution >= 0.6 is 11.3 Å². The number of thiophene rings is 1. The van der Waals surface area contributed by atoms with Gasteiger partial charge in [0.1, 0.15) is 11.2 Å². The molecule has 0 fully saturated rings. The van der Waals surface area contributed by atoms with Gasteiger partial charge in [0.05, 0.1) is 5.52 Å². The van der Waals surface area contributed by atoms with E-state index in [2.05, 4.69) is 213 Å². The standard InChI is InChI=1S/C60H50BN2OS/c1-32-24-43(40-30-54-42(38-23-20-34(59(5,6)7)25-53(38)65-54)26-48(40)62-35-21-18-33(19-22-35)58(2,3)4)56-57-55(32)44-29-52-41(37-15-11-13-17-51(37)64-52)28-49(44)63(57)50-27-39-36-14-10-12-16-45(36)60(8,9)46(39)31-47(50)61-56/h10-31,62H,1-9H3. The highest BCUT2D eigenvalue weighted by Crippen LogP contribution is 2.51. The Kier molecular flexibility index (Phi) is 7.80. The molecule has 3 nitrogen and oxygen atoms in total. The minimum absolute atomic E-state index is 0.0649. The molecule has 11 aromatic rings. The van der Waals surface area contributed by atoms with E-state index in [0.29, 0.717) is 0 Å². The lowest BCUT2D eigenvalue weighted by Gasteiger charge is -2.27. The molecule has 1 N–H and O–H groups in total. The van der Waals surface area contributed by atoms with E-state index in [9.17, 15) is 0 Å². The second-order valence-electron chi connectivity index (χ2n) is 21.4. The summed E-state index contributed by atoms with van der Waals surface area (Å²) in [4.78, 5) is 0. The van der Waals surface area contributed by atoms with Gasteiger partial charge in [-0.15, -0.1) is 11.3 Å². The first kappa shape index (κ1) is 38.9. The summed E-state index contributed by atoms with van der Waals surface area (Å²) in [6.07, 6.45) is 0. The smallest absolute Gasteiger partial charge is 0.197 e. The maximum Gasteiger partial charge on any atom is 0.197 e. The lowest BCUT2D eigenvalue weighted by molar-refractivity contribution is 0.590. The van der Waals surface area contributed by atoms with E-state index in [0.717, 1.165) is 33.3 Å². The second-order valence-corrected chi connectivity index (χ2v) is 22.4. The number of fused-ring (bicyclic) bond motifs is 14. The van der Waals surface area contributed by atoms with E-state index >= 15 is 0 Å². The molecule has 0 bridgehead atoms. The predicted molar refractivity (Wildman–Crippen MR) is 281 cm³/mol. The lowest BCUT2D eigenvalue weighted by atomic mass is 9.58. The highest BCUT2D eigenvalue weighted by molar-refractivity contribution is 7.25. The van der Waals surface area contributed by atoms with Crippen molar-refractivity contribution < 1.29 is 4.42 Å². The van der Waals surface area contributed by atoms with Crippen LogP contribution in [-0.4, -0.2) is 11.8 Å². The summed E-state index contributed by atoms with van der Waals surface area (Å²) < 4.78 is 11.8. The Hall–Kier alpha value is -6.56. The minimum atomic E-state index is -0.125. The van der Waals surface area contributed by atoms with Gasteiger partial charge in [0.2, 0.25) is 0 Å². The molecule has 0 saturated carbocycles. The number of nitrogens with one attached hydrogen (secondary N) is 1. The third kappa shape index (κ3) is 5.55. The van der Waals surface area contributed by atoms with Crippen LogP contribution in [0.4, 0.5) is 11.4 Å². The van der Waals surface area contributed by atoms with Crippen molar-refractivity contribution in [3.63, 3.8) is 0 Å². The van der Waals surface area contributed by atoms with E-state index in [1.54, 1.807) is 0 Å². The quantitative estimate of drug-likeness (QED) is 0.179. The number of anilines is 2. The van der Waals surface area contributed by atoms with Crippen LogP contribution in [0.5, 0.6) is 0 Å². The highest BCUT2D eigenvalue weighted by Gasteiger charge is 2.38. The van der Waals surface area contributed by atoms with Crippen molar-refractivity contribution in [1.82, 2.24) is 4.57 Å². The largest absolute Gasteiger partial charge is 0.456 e. The van der Waals surface area contributed by atoms with Crippen molar-refractivity contribution in [1.29, 1.82) is 0 Å². The fourth-order valence-electron chi connectivity index (χ4n) is 11.3. The van der Waals surface area contributed by atoms with Gasteiger partial charge >= 0.3 is 0 Å². The third-order valence-corrected chi connectivity index (χ3v) is 16.0. The van der Waals surface area contributed by atoms with Crippen LogP contribution in [0, 0.1) is 6.92 Å². The number of nitrogens with zero attached hydrogens (tertiary/aromatic N) is 1. The first-order valence-electron chi connectivity index (χ1n) is 23.1. The Bertz CT molecular complexity index is 3880. The van der Waals surface area contributed by atoms with Crippen LogP contribution in [0.2, 0.25) is 0 Å². The fraction of sp³-hybridized carbons (Fsp3) is 0.200. The summed E-state index contributed by atoms with van der Waals surface area (Å²) in [5, 5.41) is 11.4. The SMILES string of the molecule is Cc1cc(-c2cc3sc4cc(C(C)(C)C)ccc4c3cc2Nc2ccc(C(C)(C)C)cc2)c2c3c1c1cc4oc5ccccc5c4cc1n3-c1cc3c(cc1[B]2)C(C)(C)c1ccccc1-3. The Morgan fingerprint density at radius 1 is 0.585 bits per heavy atom. The Morgan fingerprint density at radius 2 is 1.32 bits per heavy atom. The minimum Gasteiger partial charge on any atom is -0.456 e. The Balaban J connectivity index is 1.12. The van der Waals surface area contributed by atoms with Gasteiger partial charge in [-0.3, -0.25) is 0 Å². The van der Waals surface area contributed by atoms with Crippen LogP contribution in [0.1, 0.15) is 83.2 Å². The molecule has 0 spiro atoms. The summed E-state index contributed by atoms with van der Waals surface area (Å²) in [5.74, 6) is 0. The van der Waals surface area contributed by atoms with Gasteiger partial charge in [0.15, 0.2) is 7.28 Å². The maximum absolute atomic E-state index is 6.59. The number of benzene rings is 8. The monoisotopic (exact) mass is 857 g/mol. The molecule has 8 aromatic carbocycles. The van der Waals surface area contributed by atoms with Gasteiger partial charge in [-0.25, -0.2) is 0 Å². The van der Waals surface area contributed by atoms with Gasteiger partial charge in [0, 0.05) is 75.3 Å². The molecular formula is C60H50BN2OS. The van der Waals surface area contributed by atoms with Gasteiger partial charge in [0.25, 0.3) is 0 Å². The van der Waals surface area contributed by atoms with Crippen molar-refractivity contribution in [2.45, 2.75) is 78.6 Å². The van der Waals surface area contributed by atoms with Gasteiger partial charge in [-0.2, -0.15) is 0 Å². The van der Waals surface area contributed by atoms with Crippen molar-refractivity contribution in [2.75, 3.05) is 5.32 Å². The van der Waals surface area contributed by atoms with Gasteiger partial charge < -0.3 is 14.3 Å². The molecule has 4 heterocycles. The van der Waals surface area contributed by atoms with E-state index in [4.69, 9.17) is 4.42 Å². The number of rotatable bonds is 3. The van der Waals surface area contributed by atoms with Crippen LogP contribution < -0.4 is 16.2 Å². The van der Waals surface area contributed by atoms with Gasteiger partial charge in [-0.1, -0.05) is 140 Å². The number of hydrogen-bond acceptors (Lipinski definition) is 3. The molecule has 1 aliphatic carbocycles. The number of furan rings is 1. The summed E-state index contributed by atoms with van der Waals surface area (Å²) in [6, 6.07) is 50.6. The average molecular weight is 858 g/mol.